The van der Waals surface area contributed by atoms with Crippen molar-refractivity contribution in [3.63, 3.8) is 0 Å². The van der Waals surface area contributed by atoms with E-state index in [4.69, 9.17) is 10.2 Å². The lowest BCUT2D eigenvalue weighted by molar-refractivity contribution is -0.112. The van der Waals surface area contributed by atoms with E-state index in [-0.39, 0.29) is 18.4 Å². The summed E-state index contributed by atoms with van der Waals surface area (Å²) < 4.78 is 5.27. The van der Waals surface area contributed by atoms with Crippen molar-refractivity contribution < 1.29 is 9.21 Å². The van der Waals surface area contributed by atoms with Crippen LogP contribution in [0.3, 0.4) is 0 Å². The first-order chi connectivity index (χ1) is 7.27. The Morgan fingerprint density at radius 2 is 2.44 bits per heavy atom. The lowest BCUT2D eigenvalue weighted by Gasteiger charge is -2.17. The van der Waals surface area contributed by atoms with Crippen LogP contribution in [0.4, 0.5) is 0 Å². The molecule has 16 heavy (non-hydrogen) atoms. The molecule has 0 saturated heterocycles. The van der Waals surface area contributed by atoms with Crippen LogP contribution in [0, 0.1) is 0 Å². The number of amides is 1. The fraction of sp³-hybridized carbons (Fsp3) is 0.200. The molecule has 2 heterocycles. The van der Waals surface area contributed by atoms with E-state index in [9.17, 15) is 4.79 Å². The average Bonchev–Trinajstić information content (AvgIpc) is 2.83. The number of primary amides is 1. The first kappa shape index (κ1) is 10.9. The number of hydrogen-bond donors (Lipinski definition) is 2. The molecule has 84 valence electrons. The molecular formula is C10H10ClN3O2. The summed E-state index contributed by atoms with van der Waals surface area (Å²) in [7, 11) is 0. The van der Waals surface area contributed by atoms with Crippen LogP contribution >= 0.6 is 12.4 Å². The van der Waals surface area contributed by atoms with Gasteiger partial charge in [-0.05, 0) is 12.1 Å². The zero-order valence-electron chi connectivity index (χ0n) is 8.27. The van der Waals surface area contributed by atoms with Crippen molar-refractivity contribution in [2.45, 2.75) is 6.04 Å². The maximum absolute atomic E-state index is 11.2. The normalized spacial score (nSPS) is 21.4. The standard InChI is InChI=1S/C10H9N3O2.ClH/c11-10(14)6-3-7-8(13-4-12-7)5-1-2-15-9(5)6;/h1-3,8,13H,4H2,(H2,11,14);1H. The quantitative estimate of drug-likeness (QED) is 0.754. The number of nitrogens with two attached hydrogens (primary N) is 1. The van der Waals surface area contributed by atoms with Crippen molar-refractivity contribution in [3.05, 3.63) is 29.7 Å². The van der Waals surface area contributed by atoms with E-state index >= 15 is 0 Å². The molecule has 2 aliphatic rings. The summed E-state index contributed by atoms with van der Waals surface area (Å²) in [6.45, 7) is 0.563. The number of nitrogens with zero attached hydrogens (tertiary/aromatic N) is 1. The van der Waals surface area contributed by atoms with Crippen molar-refractivity contribution in [1.82, 2.24) is 5.32 Å². The summed E-state index contributed by atoms with van der Waals surface area (Å²) >= 11 is 0. The molecule has 1 aliphatic carbocycles. The van der Waals surface area contributed by atoms with Crippen LogP contribution in [0.15, 0.2) is 27.8 Å². The second kappa shape index (κ2) is 3.77. The van der Waals surface area contributed by atoms with Gasteiger partial charge in [0, 0.05) is 5.56 Å². The zero-order chi connectivity index (χ0) is 10.4. The van der Waals surface area contributed by atoms with Gasteiger partial charge in [0.15, 0.2) is 0 Å². The van der Waals surface area contributed by atoms with Gasteiger partial charge in [-0.2, -0.15) is 0 Å². The van der Waals surface area contributed by atoms with Crippen LogP contribution in [0.1, 0.15) is 17.4 Å². The van der Waals surface area contributed by atoms with Crippen LogP contribution in [-0.4, -0.2) is 18.3 Å². The summed E-state index contributed by atoms with van der Waals surface area (Å²) in [6.07, 6.45) is 3.25. The number of rotatable bonds is 1. The predicted octanol–water partition coefficient (Wildman–Crippen LogP) is 0.627. The fourth-order valence-corrected chi connectivity index (χ4v) is 1.98. The fourth-order valence-electron chi connectivity index (χ4n) is 1.98. The molecule has 3 N–H and O–H groups in total. The van der Waals surface area contributed by atoms with E-state index < -0.39 is 5.91 Å². The van der Waals surface area contributed by atoms with Gasteiger partial charge in [0.2, 0.25) is 0 Å². The van der Waals surface area contributed by atoms with Crippen LogP contribution in [0.25, 0.3) is 5.57 Å². The Bertz CT molecular complexity index is 504. The Hall–Kier alpha value is -1.59. The van der Waals surface area contributed by atoms with Gasteiger partial charge in [0.05, 0.1) is 30.3 Å². The summed E-state index contributed by atoms with van der Waals surface area (Å²) in [4.78, 5) is 15.5. The third-order valence-corrected chi connectivity index (χ3v) is 2.66. The number of furan rings is 1. The molecule has 0 fully saturated rings. The predicted molar refractivity (Wildman–Crippen MR) is 61.3 cm³/mol. The molecule has 3 rings (SSSR count). The van der Waals surface area contributed by atoms with E-state index in [1.807, 2.05) is 6.07 Å². The minimum Gasteiger partial charge on any atom is -0.464 e. The minimum atomic E-state index is -0.487. The van der Waals surface area contributed by atoms with Crippen LogP contribution < -0.4 is 11.1 Å². The smallest absolute Gasteiger partial charge is 0.252 e. The number of halogens is 1. The van der Waals surface area contributed by atoms with Gasteiger partial charge >= 0.3 is 0 Å². The summed E-state index contributed by atoms with van der Waals surface area (Å²) in [6, 6.07) is 1.88. The lowest BCUT2D eigenvalue weighted by Crippen LogP contribution is -2.26. The van der Waals surface area contributed by atoms with Crippen LogP contribution in [-0.2, 0) is 4.79 Å². The molecule has 1 amide bonds. The number of hydrogen-bond acceptors (Lipinski definition) is 4. The second-order valence-corrected chi connectivity index (χ2v) is 3.51. The number of aliphatic imine (C=N–C) groups is 1. The number of nitrogens with one attached hydrogen (secondary N) is 1. The highest BCUT2D eigenvalue weighted by Gasteiger charge is 2.32. The highest BCUT2D eigenvalue weighted by atomic mass is 35.5. The second-order valence-electron chi connectivity index (χ2n) is 3.51. The molecule has 0 radical (unpaired) electrons. The van der Waals surface area contributed by atoms with Crippen molar-refractivity contribution >= 4 is 29.6 Å². The van der Waals surface area contributed by atoms with E-state index in [0.29, 0.717) is 18.0 Å². The summed E-state index contributed by atoms with van der Waals surface area (Å²) in [5.41, 5.74) is 7.46. The first-order valence-corrected chi connectivity index (χ1v) is 4.64. The molecule has 0 spiro atoms. The third kappa shape index (κ3) is 1.36. The molecule has 6 heteroatoms. The average molecular weight is 240 g/mol. The van der Waals surface area contributed by atoms with Crippen molar-refractivity contribution in [2.24, 2.45) is 10.7 Å². The first-order valence-electron chi connectivity index (χ1n) is 4.64. The Balaban J connectivity index is 0.000000963. The van der Waals surface area contributed by atoms with Crippen LogP contribution in [0.5, 0.6) is 0 Å². The molecule has 0 saturated carbocycles. The Labute approximate surface area is 97.8 Å². The zero-order valence-corrected chi connectivity index (χ0v) is 9.08. The summed E-state index contributed by atoms with van der Waals surface area (Å²) in [5.74, 6) is 0.0695. The van der Waals surface area contributed by atoms with Gasteiger partial charge in [-0.15, -0.1) is 12.4 Å². The maximum Gasteiger partial charge on any atom is 0.252 e. The van der Waals surface area contributed by atoms with Gasteiger partial charge in [-0.25, -0.2) is 0 Å². The van der Waals surface area contributed by atoms with Gasteiger partial charge < -0.3 is 10.2 Å². The highest BCUT2D eigenvalue weighted by Crippen LogP contribution is 2.33. The van der Waals surface area contributed by atoms with Gasteiger partial charge in [-0.1, -0.05) is 0 Å². The Kier molecular flexibility index (Phi) is 2.57. The number of carbonyl (C=O) groups excluding carboxylic acids is 1. The Morgan fingerprint density at radius 1 is 1.62 bits per heavy atom. The minimum absolute atomic E-state index is 0. The largest absolute Gasteiger partial charge is 0.464 e. The highest BCUT2D eigenvalue weighted by molar-refractivity contribution is 6.26. The van der Waals surface area contributed by atoms with Gasteiger partial charge in [-0.3, -0.25) is 15.1 Å². The van der Waals surface area contributed by atoms with Crippen molar-refractivity contribution in [3.8, 4) is 0 Å². The molecule has 0 aromatic carbocycles. The number of carbonyl (C=O) groups is 1. The van der Waals surface area contributed by atoms with Crippen LogP contribution in [0.2, 0.25) is 0 Å². The van der Waals surface area contributed by atoms with Gasteiger partial charge in [0.1, 0.15) is 5.76 Å². The van der Waals surface area contributed by atoms with E-state index in [1.54, 1.807) is 12.3 Å². The summed E-state index contributed by atoms with van der Waals surface area (Å²) in [5, 5.41) is 3.20. The molecule has 1 unspecified atom stereocenters. The van der Waals surface area contributed by atoms with Gasteiger partial charge in [0.25, 0.3) is 5.91 Å². The van der Waals surface area contributed by atoms with E-state index in [1.165, 1.54) is 0 Å². The SMILES string of the molecule is Cl.NC(=O)C1=CC2=NCNC2c2ccoc21. The Morgan fingerprint density at radius 3 is 3.19 bits per heavy atom. The molecule has 0 bridgehead atoms. The topological polar surface area (TPSA) is 80.6 Å². The molecule has 1 aliphatic heterocycles. The lowest BCUT2D eigenvalue weighted by atomic mass is 9.92. The molecule has 1 aromatic heterocycles. The van der Waals surface area contributed by atoms with E-state index in [2.05, 4.69) is 10.3 Å². The van der Waals surface area contributed by atoms with Crippen molar-refractivity contribution in [2.75, 3.05) is 6.67 Å². The molecular weight excluding hydrogens is 230 g/mol. The monoisotopic (exact) mass is 239 g/mol. The molecule has 1 aromatic rings. The molecule has 1 atom stereocenters. The maximum atomic E-state index is 11.2. The number of fused-ring (bicyclic) bond motifs is 3. The van der Waals surface area contributed by atoms with Crippen molar-refractivity contribution in [1.29, 1.82) is 0 Å². The van der Waals surface area contributed by atoms with E-state index in [0.717, 1.165) is 11.3 Å². The molecule has 5 nitrogen and oxygen atoms in total. The third-order valence-electron chi connectivity index (χ3n) is 2.66.